The second-order valence-electron chi connectivity index (χ2n) is 7.77. The molecule has 11 heteroatoms. The van der Waals surface area contributed by atoms with E-state index in [1.165, 1.54) is 23.5 Å². The Kier molecular flexibility index (Phi) is 7.88. The number of benzene rings is 1. The molecule has 7 nitrogen and oxygen atoms in total. The Morgan fingerprint density at radius 1 is 1.13 bits per heavy atom. The molecule has 1 unspecified atom stereocenters. The van der Waals surface area contributed by atoms with Gasteiger partial charge in [0.1, 0.15) is 22.2 Å². The van der Waals surface area contributed by atoms with Crippen LogP contribution in [0, 0.1) is 5.41 Å². The highest BCUT2D eigenvalue weighted by Crippen LogP contribution is 2.24. The molecule has 2 rings (SSSR count). The van der Waals surface area contributed by atoms with Crippen LogP contribution in [0.4, 0.5) is 13.2 Å². The Morgan fingerprint density at radius 2 is 1.74 bits per heavy atom. The van der Waals surface area contributed by atoms with Crippen molar-refractivity contribution in [3.63, 3.8) is 0 Å². The SMILES string of the molecule is CC(NC(=O)c1csc(CNC(=O)COc2ccc(OC(F)(F)F)cc2)n1)C(C)(C)C. The van der Waals surface area contributed by atoms with Crippen molar-refractivity contribution in [1.82, 2.24) is 15.6 Å². The fourth-order valence-electron chi connectivity index (χ4n) is 2.10. The molecule has 0 fully saturated rings. The predicted octanol–water partition coefficient (Wildman–Crippen LogP) is 3.90. The molecule has 0 saturated heterocycles. The maximum absolute atomic E-state index is 12.3. The number of thiazole rings is 1. The number of carbonyl (C=O) groups is 2. The lowest BCUT2D eigenvalue weighted by atomic mass is 9.88. The van der Waals surface area contributed by atoms with Crippen LogP contribution in [0.2, 0.25) is 0 Å². The van der Waals surface area contributed by atoms with Gasteiger partial charge in [0.25, 0.3) is 11.8 Å². The van der Waals surface area contributed by atoms with E-state index in [4.69, 9.17) is 4.74 Å². The Labute approximate surface area is 182 Å². The van der Waals surface area contributed by atoms with E-state index in [0.717, 1.165) is 12.1 Å². The van der Waals surface area contributed by atoms with Gasteiger partial charge in [-0.3, -0.25) is 9.59 Å². The third kappa shape index (κ3) is 8.44. The van der Waals surface area contributed by atoms with E-state index in [2.05, 4.69) is 20.4 Å². The summed E-state index contributed by atoms with van der Waals surface area (Å²) < 4.78 is 45.4. The molecule has 2 N–H and O–H groups in total. The van der Waals surface area contributed by atoms with Gasteiger partial charge in [0.05, 0.1) is 6.54 Å². The quantitative estimate of drug-likeness (QED) is 0.625. The van der Waals surface area contributed by atoms with Crippen LogP contribution in [0.3, 0.4) is 0 Å². The van der Waals surface area contributed by atoms with Gasteiger partial charge in [0.2, 0.25) is 0 Å². The maximum Gasteiger partial charge on any atom is 0.573 e. The molecule has 1 atom stereocenters. The molecular weight excluding hydrogens is 435 g/mol. The summed E-state index contributed by atoms with van der Waals surface area (Å²) >= 11 is 1.24. The van der Waals surface area contributed by atoms with Crippen molar-refractivity contribution < 1.29 is 32.2 Å². The number of nitrogens with zero attached hydrogens (tertiary/aromatic N) is 1. The van der Waals surface area contributed by atoms with E-state index in [-0.39, 0.29) is 47.7 Å². The summed E-state index contributed by atoms with van der Waals surface area (Å²) in [6.45, 7) is 7.77. The molecule has 0 aliphatic rings. The zero-order valence-electron chi connectivity index (χ0n) is 17.5. The zero-order valence-corrected chi connectivity index (χ0v) is 18.3. The number of rotatable bonds is 8. The van der Waals surface area contributed by atoms with Crippen molar-refractivity contribution in [1.29, 1.82) is 0 Å². The van der Waals surface area contributed by atoms with Gasteiger partial charge in [-0.15, -0.1) is 24.5 Å². The monoisotopic (exact) mass is 459 g/mol. The molecule has 170 valence electrons. The number of aromatic nitrogens is 1. The zero-order chi connectivity index (χ0) is 23.2. The second kappa shape index (κ2) is 9.99. The van der Waals surface area contributed by atoms with Gasteiger partial charge in [-0.05, 0) is 36.6 Å². The summed E-state index contributed by atoms with van der Waals surface area (Å²) in [5, 5.41) is 7.67. The lowest BCUT2D eigenvalue weighted by Gasteiger charge is -2.27. The molecule has 2 aromatic rings. The minimum atomic E-state index is -4.77. The summed E-state index contributed by atoms with van der Waals surface area (Å²) in [7, 11) is 0. The molecule has 2 amide bonds. The number of carbonyl (C=O) groups excluding carboxylic acids is 2. The first-order valence-electron chi connectivity index (χ1n) is 9.34. The van der Waals surface area contributed by atoms with Gasteiger partial charge in [-0.2, -0.15) is 0 Å². The summed E-state index contributed by atoms with van der Waals surface area (Å²) in [6.07, 6.45) is -4.77. The molecule has 1 aromatic carbocycles. The minimum absolute atomic E-state index is 0.0453. The number of hydrogen-bond acceptors (Lipinski definition) is 6. The van der Waals surface area contributed by atoms with E-state index in [9.17, 15) is 22.8 Å². The summed E-state index contributed by atoms with van der Waals surface area (Å²) in [6, 6.07) is 4.65. The fourth-order valence-corrected chi connectivity index (χ4v) is 2.81. The minimum Gasteiger partial charge on any atom is -0.484 e. The van der Waals surface area contributed by atoms with Crippen LogP contribution in [0.5, 0.6) is 11.5 Å². The Morgan fingerprint density at radius 3 is 2.32 bits per heavy atom. The van der Waals surface area contributed by atoms with Crippen LogP contribution in [0.1, 0.15) is 43.2 Å². The van der Waals surface area contributed by atoms with Crippen molar-refractivity contribution in [3.8, 4) is 11.5 Å². The first-order valence-corrected chi connectivity index (χ1v) is 10.2. The Hall–Kier alpha value is -2.82. The molecule has 0 aliphatic heterocycles. The average molecular weight is 459 g/mol. The third-order valence-electron chi connectivity index (χ3n) is 4.30. The van der Waals surface area contributed by atoms with Crippen LogP contribution < -0.4 is 20.1 Å². The predicted molar refractivity (Wildman–Crippen MR) is 109 cm³/mol. The number of amides is 2. The van der Waals surface area contributed by atoms with E-state index < -0.39 is 12.3 Å². The molecule has 0 spiro atoms. The number of nitrogens with one attached hydrogen (secondary N) is 2. The number of halogens is 3. The fraction of sp³-hybridized carbons (Fsp3) is 0.450. The molecule has 0 bridgehead atoms. The second-order valence-corrected chi connectivity index (χ2v) is 8.71. The van der Waals surface area contributed by atoms with Crippen molar-refractivity contribution in [3.05, 3.63) is 40.3 Å². The molecule has 0 radical (unpaired) electrons. The molecule has 1 heterocycles. The number of hydrogen-bond donors (Lipinski definition) is 2. The lowest BCUT2D eigenvalue weighted by molar-refractivity contribution is -0.274. The number of alkyl halides is 3. The van der Waals surface area contributed by atoms with E-state index >= 15 is 0 Å². The van der Waals surface area contributed by atoms with Crippen LogP contribution in [-0.2, 0) is 11.3 Å². The first kappa shape index (κ1) is 24.4. The van der Waals surface area contributed by atoms with Gasteiger partial charge in [-0.1, -0.05) is 20.8 Å². The maximum atomic E-state index is 12.3. The van der Waals surface area contributed by atoms with E-state index in [1.54, 1.807) is 5.38 Å². The summed E-state index contributed by atoms with van der Waals surface area (Å²) in [5.74, 6) is -0.897. The molecule has 0 saturated carbocycles. The topological polar surface area (TPSA) is 89.6 Å². The summed E-state index contributed by atoms with van der Waals surface area (Å²) in [5.41, 5.74) is 0.191. The average Bonchev–Trinajstić information content (AvgIpc) is 3.13. The molecule has 0 aliphatic carbocycles. The van der Waals surface area contributed by atoms with Gasteiger partial charge in [-0.25, -0.2) is 4.98 Å². The molecule has 31 heavy (non-hydrogen) atoms. The normalized spacial score (nSPS) is 12.7. The van der Waals surface area contributed by atoms with Crippen molar-refractivity contribution in [2.24, 2.45) is 5.41 Å². The first-order chi connectivity index (χ1) is 14.3. The van der Waals surface area contributed by atoms with Crippen molar-refractivity contribution in [2.45, 2.75) is 46.6 Å². The molecule has 1 aromatic heterocycles. The van der Waals surface area contributed by atoms with Crippen LogP contribution in [0.25, 0.3) is 0 Å². The van der Waals surface area contributed by atoms with Crippen molar-refractivity contribution in [2.75, 3.05) is 6.61 Å². The van der Waals surface area contributed by atoms with E-state index in [0.29, 0.717) is 5.01 Å². The highest BCUT2D eigenvalue weighted by atomic mass is 32.1. The Bertz CT molecular complexity index is 892. The van der Waals surface area contributed by atoms with Gasteiger partial charge in [0.15, 0.2) is 6.61 Å². The van der Waals surface area contributed by atoms with Crippen LogP contribution in [-0.4, -0.2) is 35.8 Å². The van der Waals surface area contributed by atoms with Gasteiger partial charge >= 0.3 is 6.36 Å². The standard InChI is InChI=1S/C20H24F3N3O4S/c1-12(19(2,3)4)25-18(28)15-11-31-17(26-15)9-24-16(27)10-29-13-5-7-14(8-6-13)30-20(21,22)23/h5-8,11-12H,9-10H2,1-4H3,(H,24,27)(H,25,28). The van der Waals surface area contributed by atoms with Crippen molar-refractivity contribution >= 4 is 23.2 Å². The molecular formula is C20H24F3N3O4S. The van der Waals surface area contributed by atoms with Gasteiger partial charge in [0, 0.05) is 11.4 Å². The lowest BCUT2D eigenvalue weighted by Crippen LogP contribution is -2.41. The third-order valence-corrected chi connectivity index (χ3v) is 5.14. The smallest absolute Gasteiger partial charge is 0.484 e. The highest BCUT2D eigenvalue weighted by molar-refractivity contribution is 7.09. The largest absolute Gasteiger partial charge is 0.573 e. The van der Waals surface area contributed by atoms with Gasteiger partial charge < -0.3 is 20.1 Å². The summed E-state index contributed by atoms with van der Waals surface area (Å²) in [4.78, 5) is 28.4. The van der Waals surface area contributed by atoms with Crippen LogP contribution >= 0.6 is 11.3 Å². The number of ether oxygens (including phenoxy) is 2. The van der Waals surface area contributed by atoms with Crippen LogP contribution in [0.15, 0.2) is 29.6 Å². The highest BCUT2D eigenvalue weighted by Gasteiger charge is 2.31. The Balaban J connectivity index is 1.77. The van der Waals surface area contributed by atoms with E-state index in [1.807, 2.05) is 27.7 Å².